The summed E-state index contributed by atoms with van der Waals surface area (Å²) in [6.45, 7) is 8.59. The van der Waals surface area contributed by atoms with Gasteiger partial charge in [-0.3, -0.25) is 4.79 Å². The van der Waals surface area contributed by atoms with Crippen molar-refractivity contribution in [2.24, 2.45) is 0 Å². The highest BCUT2D eigenvalue weighted by Gasteiger charge is 2.28. The Morgan fingerprint density at radius 2 is 2.00 bits per heavy atom. The molecule has 1 aromatic heterocycles. The van der Waals surface area contributed by atoms with E-state index < -0.39 is 5.92 Å². The number of ether oxygens (including phenoxy) is 2. The molecule has 0 saturated carbocycles. The largest absolute Gasteiger partial charge is 0.465 e. The molecule has 1 rings (SSSR count). The van der Waals surface area contributed by atoms with E-state index in [1.807, 2.05) is 13.8 Å². The first-order chi connectivity index (χ1) is 9.67. The molecule has 20 heavy (non-hydrogen) atoms. The van der Waals surface area contributed by atoms with Gasteiger partial charge in [0.2, 0.25) is 11.7 Å². The zero-order valence-electron chi connectivity index (χ0n) is 12.7. The summed E-state index contributed by atoms with van der Waals surface area (Å²) in [6.07, 6.45) is 2.17. The standard InChI is InChI=1S/C14H24N2O4/c1-5-9-11(18-7-3)12-15-13(20-16-12)10(6-2)14(17)19-8-4/h10-11H,5-9H2,1-4H3. The van der Waals surface area contributed by atoms with Gasteiger partial charge in [0.25, 0.3) is 0 Å². The smallest absolute Gasteiger partial charge is 0.318 e. The SMILES string of the molecule is CCCC(OCC)c1noc(C(CC)C(=O)OCC)n1. The summed E-state index contributed by atoms with van der Waals surface area (Å²) < 4.78 is 15.8. The molecule has 2 atom stereocenters. The topological polar surface area (TPSA) is 74.5 Å². The van der Waals surface area contributed by atoms with Gasteiger partial charge in [-0.2, -0.15) is 4.98 Å². The van der Waals surface area contributed by atoms with Crippen LogP contribution in [0.4, 0.5) is 0 Å². The lowest BCUT2D eigenvalue weighted by atomic mass is 10.1. The van der Waals surface area contributed by atoms with Crippen LogP contribution in [0.3, 0.4) is 0 Å². The van der Waals surface area contributed by atoms with E-state index in [4.69, 9.17) is 14.0 Å². The van der Waals surface area contributed by atoms with E-state index in [-0.39, 0.29) is 12.1 Å². The third-order valence-corrected chi connectivity index (χ3v) is 2.94. The number of esters is 1. The summed E-state index contributed by atoms with van der Waals surface area (Å²) in [5.41, 5.74) is 0. The van der Waals surface area contributed by atoms with Crippen molar-refractivity contribution in [2.45, 2.75) is 59.0 Å². The van der Waals surface area contributed by atoms with Crippen molar-refractivity contribution in [3.8, 4) is 0 Å². The number of carbonyl (C=O) groups is 1. The Balaban J connectivity index is 2.84. The third-order valence-electron chi connectivity index (χ3n) is 2.94. The van der Waals surface area contributed by atoms with Crippen LogP contribution in [-0.4, -0.2) is 29.3 Å². The van der Waals surface area contributed by atoms with Crippen LogP contribution in [-0.2, 0) is 14.3 Å². The fraction of sp³-hybridized carbons (Fsp3) is 0.786. The number of hydrogen-bond donors (Lipinski definition) is 0. The first kappa shape index (κ1) is 16.6. The van der Waals surface area contributed by atoms with Gasteiger partial charge in [0.05, 0.1) is 6.61 Å². The number of rotatable bonds is 9. The molecular weight excluding hydrogens is 260 g/mol. The van der Waals surface area contributed by atoms with E-state index in [9.17, 15) is 4.79 Å². The van der Waals surface area contributed by atoms with Crippen molar-refractivity contribution in [3.63, 3.8) is 0 Å². The zero-order valence-corrected chi connectivity index (χ0v) is 12.7. The van der Waals surface area contributed by atoms with Crippen molar-refractivity contribution < 1.29 is 18.8 Å². The molecule has 0 aromatic carbocycles. The minimum atomic E-state index is -0.500. The lowest BCUT2D eigenvalue weighted by molar-refractivity contribution is -0.145. The molecule has 6 nitrogen and oxygen atoms in total. The first-order valence-corrected chi connectivity index (χ1v) is 7.29. The molecule has 0 radical (unpaired) electrons. The van der Waals surface area contributed by atoms with Gasteiger partial charge < -0.3 is 14.0 Å². The van der Waals surface area contributed by atoms with Crippen molar-refractivity contribution in [1.29, 1.82) is 0 Å². The third kappa shape index (κ3) is 4.30. The van der Waals surface area contributed by atoms with Crippen LogP contribution in [0.15, 0.2) is 4.52 Å². The highest BCUT2D eigenvalue weighted by Crippen LogP contribution is 2.24. The predicted octanol–water partition coefficient (Wildman–Crippen LogP) is 3.00. The van der Waals surface area contributed by atoms with E-state index >= 15 is 0 Å². The molecule has 0 amide bonds. The maximum Gasteiger partial charge on any atom is 0.318 e. The monoisotopic (exact) mass is 284 g/mol. The van der Waals surface area contributed by atoms with Gasteiger partial charge in [-0.15, -0.1) is 0 Å². The molecule has 6 heteroatoms. The van der Waals surface area contributed by atoms with Gasteiger partial charge in [0, 0.05) is 6.61 Å². The van der Waals surface area contributed by atoms with Gasteiger partial charge in [0.1, 0.15) is 12.0 Å². The Morgan fingerprint density at radius 1 is 1.25 bits per heavy atom. The normalized spacial score (nSPS) is 14.0. The summed E-state index contributed by atoms with van der Waals surface area (Å²) in [4.78, 5) is 16.1. The molecule has 0 bridgehead atoms. The van der Waals surface area contributed by atoms with Crippen molar-refractivity contribution >= 4 is 5.97 Å². The summed E-state index contributed by atoms with van der Waals surface area (Å²) in [6, 6.07) is 0. The van der Waals surface area contributed by atoms with E-state index in [2.05, 4.69) is 17.1 Å². The van der Waals surface area contributed by atoms with Gasteiger partial charge in [-0.1, -0.05) is 25.4 Å². The van der Waals surface area contributed by atoms with Gasteiger partial charge in [-0.05, 0) is 26.7 Å². The molecule has 1 aromatic rings. The summed E-state index contributed by atoms with van der Waals surface area (Å²) in [7, 11) is 0. The molecule has 0 saturated heterocycles. The molecule has 0 N–H and O–H groups in total. The lowest BCUT2D eigenvalue weighted by Gasteiger charge is -2.11. The Kier molecular flexibility index (Phi) is 7.22. The minimum Gasteiger partial charge on any atom is -0.465 e. The predicted molar refractivity (Wildman–Crippen MR) is 73.2 cm³/mol. The average molecular weight is 284 g/mol. The molecule has 0 aliphatic rings. The number of carbonyl (C=O) groups excluding carboxylic acids is 1. The number of aromatic nitrogens is 2. The van der Waals surface area contributed by atoms with Crippen LogP contribution in [0, 0.1) is 0 Å². The van der Waals surface area contributed by atoms with Crippen LogP contribution in [0.25, 0.3) is 0 Å². The molecular formula is C14H24N2O4. The highest BCUT2D eigenvalue weighted by atomic mass is 16.5. The summed E-state index contributed by atoms with van der Waals surface area (Å²) in [5.74, 6) is -0.0121. The molecule has 114 valence electrons. The molecule has 2 unspecified atom stereocenters. The van der Waals surface area contributed by atoms with E-state index in [1.54, 1.807) is 6.92 Å². The van der Waals surface area contributed by atoms with Crippen LogP contribution in [0.2, 0.25) is 0 Å². The quantitative estimate of drug-likeness (QED) is 0.649. The van der Waals surface area contributed by atoms with Crippen LogP contribution in [0.5, 0.6) is 0 Å². The second-order valence-electron chi connectivity index (χ2n) is 4.44. The van der Waals surface area contributed by atoms with E-state index in [0.29, 0.717) is 31.3 Å². The van der Waals surface area contributed by atoms with Gasteiger partial charge in [-0.25, -0.2) is 0 Å². The molecule has 0 aliphatic carbocycles. The van der Waals surface area contributed by atoms with Gasteiger partial charge >= 0.3 is 5.97 Å². The molecule has 1 heterocycles. The molecule has 0 fully saturated rings. The van der Waals surface area contributed by atoms with E-state index in [0.717, 1.165) is 12.8 Å². The van der Waals surface area contributed by atoms with E-state index in [1.165, 1.54) is 0 Å². The van der Waals surface area contributed by atoms with Crippen molar-refractivity contribution in [2.75, 3.05) is 13.2 Å². The molecule has 0 spiro atoms. The maximum absolute atomic E-state index is 11.8. The number of hydrogen-bond acceptors (Lipinski definition) is 6. The van der Waals surface area contributed by atoms with Crippen LogP contribution >= 0.6 is 0 Å². The van der Waals surface area contributed by atoms with Crippen LogP contribution < -0.4 is 0 Å². The van der Waals surface area contributed by atoms with Crippen molar-refractivity contribution in [3.05, 3.63) is 11.7 Å². The summed E-state index contributed by atoms with van der Waals surface area (Å²) in [5, 5.41) is 3.95. The average Bonchev–Trinajstić information content (AvgIpc) is 2.89. The number of nitrogens with zero attached hydrogens (tertiary/aromatic N) is 2. The van der Waals surface area contributed by atoms with Crippen molar-refractivity contribution in [1.82, 2.24) is 10.1 Å². The maximum atomic E-state index is 11.8. The second kappa shape index (κ2) is 8.68. The zero-order chi connectivity index (χ0) is 15.0. The highest BCUT2D eigenvalue weighted by molar-refractivity contribution is 5.76. The fourth-order valence-electron chi connectivity index (χ4n) is 1.95. The van der Waals surface area contributed by atoms with Gasteiger partial charge in [0.15, 0.2) is 0 Å². The van der Waals surface area contributed by atoms with Crippen LogP contribution in [0.1, 0.15) is 70.7 Å². The molecule has 0 aliphatic heterocycles. The fourth-order valence-corrected chi connectivity index (χ4v) is 1.95. The first-order valence-electron chi connectivity index (χ1n) is 7.29. The Hall–Kier alpha value is -1.43. The second-order valence-corrected chi connectivity index (χ2v) is 4.44. The summed E-state index contributed by atoms with van der Waals surface area (Å²) >= 11 is 0. The minimum absolute atomic E-state index is 0.179. The Morgan fingerprint density at radius 3 is 2.55 bits per heavy atom. The lowest BCUT2D eigenvalue weighted by Crippen LogP contribution is -2.16. The Labute approximate surface area is 119 Å². The Bertz CT molecular complexity index is 400.